The van der Waals surface area contributed by atoms with Crippen molar-refractivity contribution in [1.82, 2.24) is 34.5 Å². The molecule has 2 unspecified atom stereocenters. The summed E-state index contributed by atoms with van der Waals surface area (Å²) in [5.41, 5.74) is 6.13. The molecule has 8 rings (SSSR count). The van der Waals surface area contributed by atoms with Gasteiger partial charge < -0.3 is 25.8 Å². The number of nitrogens with zero attached hydrogens (tertiary/aromatic N) is 7. The van der Waals surface area contributed by atoms with Gasteiger partial charge in [0.25, 0.3) is 11.5 Å². The second-order valence-corrected chi connectivity index (χ2v) is 14.6. The Bertz CT molecular complexity index is 2360. The number of nitrogens with one attached hydrogen (secondary N) is 1. The predicted octanol–water partition coefficient (Wildman–Crippen LogP) is 4.82. The number of nitrogen functional groups attached to an aromatic ring is 1. The Kier molecular flexibility index (Phi) is 9.33. The highest BCUT2D eigenvalue weighted by Crippen LogP contribution is 2.39. The van der Waals surface area contributed by atoms with Crippen LogP contribution in [0.4, 0.5) is 34.8 Å². The molecule has 2 aliphatic heterocycles. The number of likely N-dealkylation sites (tertiary alicyclic amines) is 1. The number of piperidine rings is 1. The zero-order valence-corrected chi connectivity index (χ0v) is 29.5. The summed E-state index contributed by atoms with van der Waals surface area (Å²) in [6, 6.07) is 18.6. The zero-order chi connectivity index (χ0) is 37.6. The summed E-state index contributed by atoms with van der Waals surface area (Å²) in [5, 5.41) is 18.7. The van der Waals surface area contributed by atoms with E-state index in [9.17, 15) is 18.7 Å². The van der Waals surface area contributed by atoms with Crippen LogP contribution in [0.5, 0.6) is 5.75 Å². The van der Waals surface area contributed by atoms with Gasteiger partial charge in [0, 0.05) is 41.8 Å². The number of aromatic nitrogens is 5. The van der Waals surface area contributed by atoms with Crippen LogP contribution in [0, 0.1) is 11.6 Å². The fraction of sp³-hybridized carbons (Fsp3) is 0.297. The molecule has 0 saturated carbocycles. The predicted molar refractivity (Wildman–Crippen MR) is 195 cm³/mol. The van der Waals surface area contributed by atoms with Crippen LogP contribution in [-0.2, 0) is 18.7 Å². The van der Waals surface area contributed by atoms with Crippen LogP contribution in [0.25, 0.3) is 16.0 Å². The van der Waals surface area contributed by atoms with Gasteiger partial charge in [0.05, 0.1) is 42.6 Å². The molecule has 0 spiro atoms. The number of aliphatic hydroxyl groups is 1. The number of benzene rings is 3. The lowest BCUT2D eigenvalue weighted by Gasteiger charge is -2.42. The fourth-order valence-corrected chi connectivity index (χ4v) is 8.24. The highest BCUT2D eigenvalue weighted by Gasteiger charge is 2.47. The SMILES string of the molecule is Nc1nc2sc(CNC3CCN(CC(O)(Cn4cncn4)c4ccc(F)cc4F)CC3(F)F)cc2n(-c2ccc3c(c2)N(c2ccccc2)CCO3)c1=O. The van der Waals surface area contributed by atoms with Crippen molar-refractivity contribution in [3.05, 3.63) is 118 Å². The first-order chi connectivity index (χ1) is 26.0. The lowest BCUT2D eigenvalue weighted by molar-refractivity contribution is -0.112. The number of hydrogen-bond acceptors (Lipinski definition) is 11. The van der Waals surface area contributed by atoms with Gasteiger partial charge in [-0.2, -0.15) is 5.10 Å². The van der Waals surface area contributed by atoms with E-state index in [1.807, 2.05) is 42.5 Å². The third-order valence-electron chi connectivity index (χ3n) is 9.77. The molecule has 1 saturated heterocycles. The molecule has 0 aliphatic carbocycles. The number of para-hydroxylation sites is 1. The molecule has 3 aromatic carbocycles. The average molecular weight is 762 g/mol. The Morgan fingerprint density at radius 2 is 1.87 bits per heavy atom. The van der Waals surface area contributed by atoms with Crippen molar-refractivity contribution in [3.63, 3.8) is 0 Å². The van der Waals surface area contributed by atoms with Crippen molar-refractivity contribution >= 4 is 38.9 Å². The van der Waals surface area contributed by atoms with Crippen molar-refractivity contribution in [2.24, 2.45) is 0 Å². The van der Waals surface area contributed by atoms with E-state index in [2.05, 4.69) is 25.3 Å². The minimum Gasteiger partial charge on any atom is -0.490 e. The number of thiophene rings is 1. The van der Waals surface area contributed by atoms with Crippen molar-refractivity contribution in [1.29, 1.82) is 0 Å². The zero-order valence-electron chi connectivity index (χ0n) is 28.7. The standard InChI is InChI=1S/C37H35F4N9O3S/c38-23-6-8-27(28(39)14-23)36(52,19-48-22-43-21-45-48)18-47-11-10-32(37(40,41)20-47)44-17-26-16-30-34(54-26)46-33(42)35(51)50(30)25-7-9-31-29(15-25)49(12-13-53-31)24-4-2-1-3-5-24/h1-9,14-16,21-22,32,44,52H,10-13,17-20H2,(H2,42,46). The lowest BCUT2D eigenvalue weighted by Crippen LogP contribution is -2.59. The maximum Gasteiger partial charge on any atom is 0.298 e. The van der Waals surface area contributed by atoms with E-state index >= 15 is 8.78 Å². The summed E-state index contributed by atoms with van der Waals surface area (Å²) >= 11 is 1.24. The van der Waals surface area contributed by atoms with E-state index in [0.717, 1.165) is 23.5 Å². The van der Waals surface area contributed by atoms with Crippen LogP contribution in [0.1, 0.15) is 16.9 Å². The Labute approximate surface area is 310 Å². The minimum absolute atomic E-state index is 0.00815. The normalized spacial score (nSPS) is 18.3. The molecule has 1 fully saturated rings. The highest BCUT2D eigenvalue weighted by molar-refractivity contribution is 7.18. The van der Waals surface area contributed by atoms with Gasteiger partial charge in [-0.05, 0) is 48.9 Å². The average Bonchev–Trinajstić information content (AvgIpc) is 3.80. The lowest BCUT2D eigenvalue weighted by atomic mass is 9.90. The maximum absolute atomic E-state index is 15.8. The third-order valence-corrected chi connectivity index (χ3v) is 10.8. The number of anilines is 3. The van der Waals surface area contributed by atoms with E-state index in [4.69, 9.17) is 10.5 Å². The monoisotopic (exact) mass is 761 g/mol. The first-order valence-electron chi connectivity index (χ1n) is 17.2. The summed E-state index contributed by atoms with van der Waals surface area (Å²) < 4.78 is 68.9. The summed E-state index contributed by atoms with van der Waals surface area (Å²) in [7, 11) is 0. The van der Waals surface area contributed by atoms with E-state index in [1.54, 1.807) is 12.1 Å². The van der Waals surface area contributed by atoms with Gasteiger partial charge in [0.1, 0.15) is 47.1 Å². The van der Waals surface area contributed by atoms with Crippen LogP contribution in [0.2, 0.25) is 0 Å². The van der Waals surface area contributed by atoms with Crippen LogP contribution in [0.3, 0.4) is 0 Å². The van der Waals surface area contributed by atoms with Gasteiger partial charge in [0.15, 0.2) is 5.82 Å². The second-order valence-electron chi connectivity index (χ2n) is 13.5. The molecule has 4 N–H and O–H groups in total. The molecular formula is C37H35F4N9O3S. The molecule has 17 heteroatoms. The number of fused-ring (bicyclic) bond motifs is 2. The smallest absolute Gasteiger partial charge is 0.298 e. The van der Waals surface area contributed by atoms with E-state index < -0.39 is 41.3 Å². The maximum atomic E-state index is 15.8. The number of rotatable bonds is 10. The second kappa shape index (κ2) is 14.1. The van der Waals surface area contributed by atoms with Crippen LogP contribution < -0.4 is 26.2 Å². The van der Waals surface area contributed by atoms with Gasteiger partial charge in [-0.1, -0.05) is 24.3 Å². The molecule has 3 aromatic heterocycles. The Hall–Kier alpha value is -5.36. The van der Waals surface area contributed by atoms with Crippen LogP contribution in [-0.4, -0.2) is 79.1 Å². The minimum atomic E-state index is -3.24. The Balaban J connectivity index is 1.01. The Morgan fingerprint density at radius 3 is 2.63 bits per heavy atom. The number of halogens is 4. The molecule has 0 amide bonds. The van der Waals surface area contributed by atoms with Crippen molar-refractivity contribution < 1.29 is 27.4 Å². The number of ether oxygens (including phenoxy) is 1. The molecule has 2 aliphatic rings. The summed E-state index contributed by atoms with van der Waals surface area (Å²) in [5.74, 6) is -4.60. The topological polar surface area (TPSA) is 140 Å². The first kappa shape index (κ1) is 35.7. The molecule has 5 heterocycles. The summed E-state index contributed by atoms with van der Waals surface area (Å²) in [4.78, 5) is 26.3. The fourth-order valence-electron chi connectivity index (χ4n) is 7.27. The van der Waals surface area contributed by atoms with Gasteiger partial charge >= 0.3 is 0 Å². The number of β-amino-alcohol motifs (C(OH)–C–C–N with tert-alkyl or cyclic N) is 1. The van der Waals surface area contributed by atoms with E-state index in [-0.39, 0.29) is 44.0 Å². The van der Waals surface area contributed by atoms with E-state index in [0.29, 0.717) is 45.9 Å². The largest absolute Gasteiger partial charge is 0.490 e. The number of alkyl halides is 2. The quantitative estimate of drug-likeness (QED) is 0.167. The molecule has 0 bridgehead atoms. The molecule has 6 aromatic rings. The van der Waals surface area contributed by atoms with Gasteiger partial charge in [-0.25, -0.2) is 32.2 Å². The van der Waals surface area contributed by atoms with Crippen molar-refractivity contribution in [2.45, 2.75) is 37.1 Å². The summed E-state index contributed by atoms with van der Waals surface area (Å²) in [6.07, 6.45) is 2.56. The molecule has 0 radical (unpaired) electrons. The molecule has 280 valence electrons. The van der Waals surface area contributed by atoms with Gasteiger partial charge in [-0.15, -0.1) is 11.3 Å². The van der Waals surface area contributed by atoms with Crippen LogP contribution in [0.15, 0.2) is 90.2 Å². The van der Waals surface area contributed by atoms with Crippen molar-refractivity contribution in [3.8, 4) is 11.4 Å². The first-order valence-corrected chi connectivity index (χ1v) is 18.0. The molecule has 54 heavy (non-hydrogen) atoms. The number of hydrogen-bond donors (Lipinski definition) is 3. The van der Waals surface area contributed by atoms with Crippen LogP contribution >= 0.6 is 11.3 Å². The highest BCUT2D eigenvalue weighted by atomic mass is 32.1. The van der Waals surface area contributed by atoms with Crippen molar-refractivity contribution in [2.75, 3.05) is 43.4 Å². The molecule has 12 nitrogen and oxygen atoms in total. The molecular weight excluding hydrogens is 727 g/mol. The Morgan fingerprint density at radius 1 is 1.04 bits per heavy atom. The number of nitrogens with two attached hydrogens (primary N) is 1. The summed E-state index contributed by atoms with van der Waals surface area (Å²) in [6.45, 7) is -0.0597. The third kappa shape index (κ3) is 6.90. The van der Waals surface area contributed by atoms with Gasteiger partial charge in [-0.3, -0.25) is 14.3 Å². The molecule has 2 atom stereocenters. The van der Waals surface area contributed by atoms with E-state index in [1.165, 1.54) is 38.1 Å². The van der Waals surface area contributed by atoms with Gasteiger partial charge in [0.2, 0.25) is 0 Å².